The van der Waals surface area contributed by atoms with Crippen molar-refractivity contribution in [3.63, 3.8) is 0 Å². The molecule has 24 heavy (non-hydrogen) atoms. The van der Waals surface area contributed by atoms with E-state index >= 15 is 0 Å². The average molecular weight is 358 g/mol. The van der Waals surface area contributed by atoms with Crippen LogP contribution in [0.4, 0.5) is 0 Å². The molecular weight excluding hydrogens is 346 g/mol. The van der Waals surface area contributed by atoms with Crippen molar-refractivity contribution in [3.8, 4) is 11.5 Å². The van der Waals surface area contributed by atoms with Gasteiger partial charge in [0, 0.05) is 23.4 Å². The number of fused-ring (bicyclic) bond motifs is 1. The summed E-state index contributed by atoms with van der Waals surface area (Å²) in [6, 6.07) is 7.43. The Morgan fingerprint density at radius 2 is 2.21 bits per heavy atom. The van der Waals surface area contributed by atoms with Crippen LogP contribution >= 0.6 is 23.4 Å². The minimum absolute atomic E-state index is 0.558. The van der Waals surface area contributed by atoms with Crippen LogP contribution in [0.1, 0.15) is 5.69 Å². The summed E-state index contributed by atoms with van der Waals surface area (Å²) < 4.78 is 7.28. The number of hydrogen-bond acceptors (Lipinski definition) is 6. The van der Waals surface area contributed by atoms with E-state index in [4.69, 9.17) is 16.0 Å². The summed E-state index contributed by atoms with van der Waals surface area (Å²) in [5, 5.41) is 6.68. The van der Waals surface area contributed by atoms with Crippen LogP contribution in [0.3, 0.4) is 0 Å². The second-order valence-electron chi connectivity index (χ2n) is 5.13. The molecule has 0 aliphatic rings. The molecule has 0 atom stereocenters. The number of aryl methyl sites for hydroxylation is 1. The van der Waals surface area contributed by atoms with E-state index in [0.717, 1.165) is 27.3 Å². The number of halogens is 1. The fraction of sp³-hybridized carbons (Fsp3) is 0.125. The van der Waals surface area contributed by atoms with E-state index in [9.17, 15) is 0 Å². The molecule has 0 N–H and O–H groups in total. The van der Waals surface area contributed by atoms with Crippen LogP contribution in [0, 0.1) is 0 Å². The van der Waals surface area contributed by atoms with Gasteiger partial charge in [-0.2, -0.15) is 5.10 Å². The minimum Gasteiger partial charge on any atom is -0.444 e. The average Bonchev–Trinajstić information content (AvgIpc) is 3.21. The molecule has 0 saturated carbocycles. The van der Waals surface area contributed by atoms with E-state index in [-0.39, 0.29) is 0 Å². The third-order valence-electron chi connectivity index (χ3n) is 3.47. The summed E-state index contributed by atoms with van der Waals surface area (Å²) >= 11 is 7.58. The van der Waals surface area contributed by atoms with Gasteiger partial charge in [0.1, 0.15) is 17.6 Å². The van der Waals surface area contributed by atoms with Gasteiger partial charge in [0.25, 0.3) is 0 Å². The normalized spacial score (nSPS) is 11.2. The van der Waals surface area contributed by atoms with Crippen molar-refractivity contribution in [3.05, 3.63) is 53.8 Å². The van der Waals surface area contributed by atoms with Crippen LogP contribution in [0.25, 0.3) is 22.5 Å². The molecular formula is C16H12ClN5OS. The zero-order valence-corrected chi connectivity index (χ0v) is 14.3. The highest BCUT2D eigenvalue weighted by molar-refractivity contribution is 7.98. The van der Waals surface area contributed by atoms with Crippen molar-refractivity contribution >= 4 is 34.4 Å². The third-order valence-corrected chi connectivity index (χ3v) is 4.75. The molecule has 0 saturated heterocycles. The fourth-order valence-electron chi connectivity index (χ4n) is 2.33. The van der Waals surface area contributed by atoms with Crippen LogP contribution in [0.2, 0.25) is 5.02 Å². The van der Waals surface area contributed by atoms with Crippen molar-refractivity contribution in [1.29, 1.82) is 0 Å². The smallest absolute Gasteiger partial charge is 0.226 e. The molecule has 0 bridgehead atoms. The van der Waals surface area contributed by atoms with Gasteiger partial charge in [-0.3, -0.25) is 4.68 Å². The molecule has 0 aliphatic heterocycles. The second kappa shape index (κ2) is 6.26. The van der Waals surface area contributed by atoms with Crippen LogP contribution < -0.4 is 0 Å². The van der Waals surface area contributed by atoms with Crippen LogP contribution in [0.5, 0.6) is 0 Å². The number of aromatic nitrogens is 5. The summed E-state index contributed by atoms with van der Waals surface area (Å²) in [7, 11) is 1.86. The van der Waals surface area contributed by atoms with Gasteiger partial charge in [0.05, 0.1) is 17.3 Å². The lowest BCUT2D eigenvalue weighted by Gasteiger charge is -2.00. The largest absolute Gasteiger partial charge is 0.444 e. The lowest BCUT2D eigenvalue weighted by molar-refractivity contribution is 0.573. The molecule has 0 amide bonds. The Balaban J connectivity index is 1.54. The van der Waals surface area contributed by atoms with Crippen LogP contribution in [-0.4, -0.2) is 24.7 Å². The Kier molecular flexibility index (Phi) is 3.95. The SMILES string of the molecule is Cn1ncc2c(SCc3coc(-c4cccc(Cl)c4)n3)ncnc21. The number of oxazole rings is 1. The highest BCUT2D eigenvalue weighted by Gasteiger charge is 2.11. The maximum Gasteiger partial charge on any atom is 0.226 e. The Labute approximate surface area is 146 Å². The molecule has 4 rings (SSSR count). The van der Waals surface area contributed by atoms with Gasteiger partial charge in [-0.25, -0.2) is 15.0 Å². The molecule has 0 unspecified atom stereocenters. The third kappa shape index (κ3) is 2.88. The molecule has 6 nitrogen and oxygen atoms in total. The summed E-state index contributed by atoms with van der Waals surface area (Å²) in [6.45, 7) is 0. The number of benzene rings is 1. The van der Waals surface area contributed by atoms with E-state index in [0.29, 0.717) is 16.7 Å². The van der Waals surface area contributed by atoms with E-state index in [1.165, 1.54) is 0 Å². The van der Waals surface area contributed by atoms with Gasteiger partial charge in [0.2, 0.25) is 5.89 Å². The first-order valence-electron chi connectivity index (χ1n) is 7.16. The first-order valence-corrected chi connectivity index (χ1v) is 8.53. The fourth-order valence-corrected chi connectivity index (χ4v) is 3.35. The maximum absolute atomic E-state index is 6.00. The topological polar surface area (TPSA) is 69.6 Å². The number of rotatable bonds is 4. The molecule has 8 heteroatoms. The van der Waals surface area contributed by atoms with Crippen molar-refractivity contribution < 1.29 is 4.42 Å². The first-order chi connectivity index (χ1) is 11.7. The van der Waals surface area contributed by atoms with Crippen molar-refractivity contribution in [1.82, 2.24) is 24.7 Å². The Morgan fingerprint density at radius 3 is 3.08 bits per heavy atom. The molecule has 4 aromatic rings. The van der Waals surface area contributed by atoms with E-state index in [1.807, 2.05) is 31.3 Å². The molecule has 0 fully saturated rings. The van der Waals surface area contributed by atoms with Crippen molar-refractivity contribution in [2.45, 2.75) is 10.8 Å². The lowest BCUT2D eigenvalue weighted by atomic mass is 10.2. The standard InChI is InChI=1S/C16H12ClN5OS/c1-22-14-13(6-20-22)16(19-9-18-14)24-8-12-7-23-15(21-12)10-3-2-4-11(17)5-10/h2-7,9H,8H2,1H3. The van der Waals surface area contributed by atoms with E-state index in [2.05, 4.69) is 20.1 Å². The van der Waals surface area contributed by atoms with Gasteiger partial charge in [-0.15, -0.1) is 0 Å². The molecule has 0 spiro atoms. The number of hydrogen-bond donors (Lipinski definition) is 0. The molecule has 0 aliphatic carbocycles. The van der Waals surface area contributed by atoms with Gasteiger partial charge in [-0.05, 0) is 18.2 Å². The summed E-state index contributed by atoms with van der Waals surface area (Å²) in [5.74, 6) is 1.20. The predicted molar refractivity (Wildman–Crippen MR) is 92.8 cm³/mol. The lowest BCUT2D eigenvalue weighted by Crippen LogP contribution is -1.93. The van der Waals surface area contributed by atoms with Gasteiger partial charge in [0.15, 0.2) is 5.65 Å². The molecule has 1 aromatic carbocycles. The number of thioether (sulfide) groups is 1. The van der Waals surface area contributed by atoms with E-state index in [1.54, 1.807) is 35.2 Å². The summed E-state index contributed by atoms with van der Waals surface area (Å²) in [4.78, 5) is 13.1. The summed E-state index contributed by atoms with van der Waals surface area (Å²) in [6.07, 6.45) is 4.98. The first kappa shape index (κ1) is 15.2. The highest BCUT2D eigenvalue weighted by atomic mass is 35.5. The van der Waals surface area contributed by atoms with Crippen molar-refractivity contribution in [2.24, 2.45) is 7.05 Å². The van der Waals surface area contributed by atoms with Crippen molar-refractivity contribution in [2.75, 3.05) is 0 Å². The highest BCUT2D eigenvalue weighted by Crippen LogP contribution is 2.28. The molecule has 0 radical (unpaired) electrons. The second-order valence-corrected chi connectivity index (χ2v) is 6.53. The Morgan fingerprint density at radius 1 is 1.29 bits per heavy atom. The van der Waals surface area contributed by atoms with Gasteiger partial charge < -0.3 is 4.42 Å². The zero-order valence-electron chi connectivity index (χ0n) is 12.7. The monoisotopic (exact) mass is 357 g/mol. The van der Waals surface area contributed by atoms with E-state index < -0.39 is 0 Å². The van der Waals surface area contributed by atoms with Crippen LogP contribution in [0.15, 0.2) is 52.5 Å². The predicted octanol–water partition coefficient (Wildman–Crippen LogP) is 3.96. The quantitative estimate of drug-likeness (QED) is 0.406. The summed E-state index contributed by atoms with van der Waals surface area (Å²) in [5.41, 5.74) is 2.51. The minimum atomic E-state index is 0.558. The number of nitrogens with zero attached hydrogens (tertiary/aromatic N) is 5. The maximum atomic E-state index is 6.00. The zero-order chi connectivity index (χ0) is 16.5. The van der Waals surface area contributed by atoms with Crippen LogP contribution in [-0.2, 0) is 12.8 Å². The Bertz CT molecular complexity index is 1010. The Hall–Kier alpha value is -2.38. The van der Waals surface area contributed by atoms with Gasteiger partial charge in [-0.1, -0.05) is 29.4 Å². The molecule has 3 aromatic heterocycles. The molecule has 3 heterocycles. The van der Waals surface area contributed by atoms with Gasteiger partial charge >= 0.3 is 0 Å². The molecule has 120 valence electrons.